The number of aliphatic hydroxyl groups is 1. The van der Waals surface area contributed by atoms with Gasteiger partial charge in [-0.3, -0.25) is 4.79 Å². The molecule has 230 valence electrons. The molecule has 0 unspecified atom stereocenters. The molecule has 42 heavy (non-hydrogen) atoms. The van der Waals surface area contributed by atoms with Crippen molar-refractivity contribution in [2.75, 3.05) is 6.54 Å². The van der Waals surface area contributed by atoms with Gasteiger partial charge in [-0.15, -0.1) is 0 Å². The molecule has 1 saturated heterocycles. The number of rotatable bonds is 4. The molecule has 1 saturated carbocycles. The van der Waals surface area contributed by atoms with Gasteiger partial charge in [-0.05, 0) is 67.5 Å². The van der Waals surface area contributed by atoms with E-state index in [0.29, 0.717) is 18.9 Å². The van der Waals surface area contributed by atoms with E-state index in [1.807, 2.05) is 0 Å². The molecule has 0 bridgehead atoms. The van der Waals surface area contributed by atoms with E-state index in [2.05, 4.69) is 0 Å². The van der Waals surface area contributed by atoms with Crippen LogP contribution in [0.5, 0.6) is 0 Å². The van der Waals surface area contributed by atoms with E-state index in [1.165, 1.54) is 4.90 Å². The van der Waals surface area contributed by atoms with Crippen LogP contribution in [0.3, 0.4) is 0 Å². The lowest BCUT2D eigenvalue weighted by Gasteiger charge is -2.44. The second kappa shape index (κ2) is 9.90. The summed E-state index contributed by atoms with van der Waals surface area (Å²) in [7, 11) is -4.59. The van der Waals surface area contributed by atoms with Crippen LogP contribution in [0.1, 0.15) is 61.6 Å². The summed E-state index contributed by atoms with van der Waals surface area (Å²) in [4.78, 5) is 14.5. The minimum atomic E-state index is -6.36. The van der Waals surface area contributed by atoms with Crippen molar-refractivity contribution in [3.63, 3.8) is 0 Å². The molecular formula is C28H27F8NO4S. The van der Waals surface area contributed by atoms with E-state index in [1.54, 1.807) is 0 Å². The number of benzene rings is 2. The van der Waals surface area contributed by atoms with E-state index in [4.69, 9.17) is 0 Å². The van der Waals surface area contributed by atoms with Crippen molar-refractivity contribution in [2.45, 2.75) is 90.7 Å². The van der Waals surface area contributed by atoms with Crippen molar-refractivity contribution in [3.05, 3.63) is 65.0 Å². The smallest absolute Gasteiger partial charge is 0.380 e. The van der Waals surface area contributed by atoms with Gasteiger partial charge in [0.15, 0.2) is 9.84 Å². The SMILES string of the molecule is O=C(N1CC[C@]2(S(=O)(=O)c3ccc(F)cc3)c3ccc(C(F)(C(F)(F)F)C(F)(F)F)cc3CC[C@H]12)C1(O)CCCCC1. The van der Waals surface area contributed by atoms with Crippen molar-refractivity contribution >= 4 is 15.7 Å². The Bertz CT molecular complexity index is 1470. The van der Waals surface area contributed by atoms with Crippen LogP contribution in [0, 0.1) is 5.82 Å². The molecule has 3 aliphatic rings. The van der Waals surface area contributed by atoms with Crippen LogP contribution in [0.15, 0.2) is 47.4 Å². The fraction of sp³-hybridized carbons (Fsp3) is 0.536. The highest BCUT2D eigenvalue weighted by Gasteiger charge is 2.74. The minimum absolute atomic E-state index is 0.153. The van der Waals surface area contributed by atoms with Gasteiger partial charge >= 0.3 is 18.0 Å². The van der Waals surface area contributed by atoms with E-state index in [-0.39, 0.29) is 60.7 Å². The second-order valence-electron chi connectivity index (χ2n) is 11.3. The molecule has 1 aliphatic heterocycles. The van der Waals surface area contributed by atoms with E-state index in [9.17, 15) is 53.4 Å². The number of fused-ring (bicyclic) bond motifs is 3. The first kappa shape index (κ1) is 30.7. The number of carbonyl (C=O) groups is 1. The zero-order valence-electron chi connectivity index (χ0n) is 22.0. The van der Waals surface area contributed by atoms with Crippen LogP contribution in [0.25, 0.3) is 0 Å². The van der Waals surface area contributed by atoms with Gasteiger partial charge in [-0.2, -0.15) is 26.3 Å². The molecule has 0 aromatic heterocycles. The molecule has 2 aliphatic carbocycles. The Balaban J connectivity index is 1.69. The lowest BCUT2D eigenvalue weighted by Crippen LogP contribution is -2.57. The molecular weight excluding hydrogens is 598 g/mol. The number of alkyl halides is 7. The number of aryl methyl sites for hydroxylation is 1. The molecule has 5 nitrogen and oxygen atoms in total. The lowest BCUT2D eigenvalue weighted by molar-refractivity contribution is -0.348. The van der Waals surface area contributed by atoms with Gasteiger partial charge in [0, 0.05) is 12.1 Å². The summed E-state index contributed by atoms with van der Waals surface area (Å²) >= 11 is 0. The molecule has 14 heteroatoms. The Morgan fingerprint density at radius 2 is 1.48 bits per heavy atom. The molecule has 1 amide bonds. The molecule has 5 rings (SSSR count). The van der Waals surface area contributed by atoms with Gasteiger partial charge in [-0.1, -0.05) is 37.5 Å². The van der Waals surface area contributed by atoms with Gasteiger partial charge in [-0.25, -0.2) is 17.2 Å². The maximum absolute atomic E-state index is 14.9. The van der Waals surface area contributed by atoms with Crippen LogP contribution >= 0.6 is 0 Å². The van der Waals surface area contributed by atoms with Gasteiger partial charge in [0.25, 0.3) is 5.91 Å². The monoisotopic (exact) mass is 625 g/mol. The third-order valence-corrected chi connectivity index (χ3v) is 11.6. The molecule has 0 spiro atoms. The summed E-state index contributed by atoms with van der Waals surface area (Å²) in [6.07, 6.45) is -11.3. The topological polar surface area (TPSA) is 74.7 Å². The van der Waals surface area contributed by atoms with Crippen molar-refractivity contribution in [3.8, 4) is 0 Å². The highest BCUT2D eigenvalue weighted by molar-refractivity contribution is 7.92. The molecule has 1 heterocycles. The van der Waals surface area contributed by atoms with Crippen LogP contribution in [-0.2, 0) is 31.5 Å². The maximum Gasteiger partial charge on any atom is 0.435 e. The third-order valence-electron chi connectivity index (χ3n) is 9.01. The Morgan fingerprint density at radius 3 is 2.05 bits per heavy atom. The number of hydrogen-bond donors (Lipinski definition) is 1. The second-order valence-corrected chi connectivity index (χ2v) is 13.5. The van der Waals surface area contributed by atoms with Gasteiger partial charge < -0.3 is 10.0 Å². The zero-order valence-corrected chi connectivity index (χ0v) is 22.9. The van der Waals surface area contributed by atoms with Crippen molar-refractivity contribution in [2.24, 2.45) is 0 Å². The lowest BCUT2D eigenvalue weighted by atomic mass is 9.76. The number of hydrogen-bond acceptors (Lipinski definition) is 4. The minimum Gasteiger partial charge on any atom is -0.380 e. The number of sulfone groups is 1. The Morgan fingerprint density at radius 1 is 0.881 bits per heavy atom. The van der Waals surface area contributed by atoms with E-state index < -0.39 is 61.5 Å². The number of carbonyl (C=O) groups excluding carboxylic acids is 1. The summed E-state index contributed by atoms with van der Waals surface area (Å²) < 4.78 is 136. The molecule has 2 fully saturated rings. The van der Waals surface area contributed by atoms with Gasteiger partial charge in [0.1, 0.15) is 16.2 Å². The van der Waals surface area contributed by atoms with Crippen molar-refractivity contribution < 1.29 is 53.4 Å². The molecule has 2 aromatic rings. The van der Waals surface area contributed by atoms with Crippen LogP contribution in [0.2, 0.25) is 0 Å². The summed E-state index contributed by atoms with van der Waals surface area (Å²) in [6, 6.07) is 4.03. The number of likely N-dealkylation sites (tertiary alicyclic amines) is 1. The molecule has 1 N–H and O–H groups in total. The first-order chi connectivity index (χ1) is 19.4. The maximum atomic E-state index is 14.9. The zero-order chi connectivity index (χ0) is 30.9. The Hall–Kier alpha value is -2.74. The predicted molar refractivity (Wildman–Crippen MR) is 133 cm³/mol. The predicted octanol–water partition coefficient (Wildman–Crippen LogP) is 6.03. The standard InChI is InChI=1S/C28H27F8NO4S/c29-19-6-8-20(9-7-19)42(40,41)25-14-15-37(23(38)24(39)12-2-1-3-13-24)22(25)11-4-17-16-18(5-10-21(17)25)26(30,27(31,32)33)28(34,35)36/h5-10,16,22,39H,1-4,11-15H2/t22-,25-/m0/s1. The summed E-state index contributed by atoms with van der Waals surface area (Å²) in [5, 5.41) is 11.2. The van der Waals surface area contributed by atoms with Crippen molar-refractivity contribution in [1.29, 1.82) is 0 Å². The van der Waals surface area contributed by atoms with Gasteiger partial charge in [0.05, 0.1) is 10.9 Å². The fourth-order valence-electron chi connectivity index (χ4n) is 6.92. The molecule has 0 radical (unpaired) electrons. The first-order valence-corrected chi connectivity index (χ1v) is 14.9. The normalized spacial score (nSPS) is 24.7. The number of halogens is 8. The quantitative estimate of drug-likeness (QED) is 0.333. The van der Waals surface area contributed by atoms with Crippen LogP contribution in [-0.4, -0.2) is 54.9 Å². The van der Waals surface area contributed by atoms with Crippen LogP contribution in [0.4, 0.5) is 35.1 Å². The average molecular weight is 626 g/mol. The average Bonchev–Trinajstić information content (AvgIpc) is 3.33. The Labute approximate surface area is 236 Å². The first-order valence-electron chi connectivity index (χ1n) is 13.4. The fourth-order valence-corrected chi connectivity index (χ4v) is 9.28. The van der Waals surface area contributed by atoms with E-state index >= 15 is 0 Å². The highest BCUT2D eigenvalue weighted by Crippen LogP contribution is 2.57. The summed E-state index contributed by atoms with van der Waals surface area (Å²) in [5.41, 5.74) is -9.60. The summed E-state index contributed by atoms with van der Waals surface area (Å²) in [5.74, 6) is -1.45. The van der Waals surface area contributed by atoms with Gasteiger partial charge in [0.2, 0.25) is 0 Å². The number of nitrogens with zero attached hydrogens (tertiary/aromatic N) is 1. The third kappa shape index (κ3) is 4.34. The number of amides is 1. The Kier molecular flexibility index (Phi) is 7.24. The van der Waals surface area contributed by atoms with E-state index in [0.717, 1.165) is 36.8 Å². The molecule has 2 atom stereocenters. The molecule has 2 aromatic carbocycles. The van der Waals surface area contributed by atoms with Crippen LogP contribution < -0.4 is 0 Å². The van der Waals surface area contributed by atoms with Crippen molar-refractivity contribution in [1.82, 2.24) is 4.90 Å². The largest absolute Gasteiger partial charge is 0.435 e. The summed E-state index contributed by atoms with van der Waals surface area (Å²) in [6.45, 7) is -0.175. The highest BCUT2D eigenvalue weighted by atomic mass is 32.2.